The molecule has 0 unspecified atom stereocenters. The van der Waals surface area contributed by atoms with Crippen LogP contribution in [-0.4, -0.2) is 136 Å². The summed E-state index contributed by atoms with van der Waals surface area (Å²) >= 11 is 10.0. The number of nitrogens with two attached hydrogens (primary N) is 2. The smallest absolute Gasteiger partial charge is 0.247 e. The van der Waals surface area contributed by atoms with Crippen molar-refractivity contribution in [1.82, 2.24) is 47.4 Å². The van der Waals surface area contributed by atoms with E-state index in [1.165, 1.54) is 64.0 Å². The molecule has 2 aromatic carbocycles. The molecular formula is C49H64ClFN12O9S3. The zero-order valence-corrected chi connectivity index (χ0v) is 44.6. The highest BCUT2D eigenvalue weighted by Gasteiger charge is 2.41. The maximum atomic E-state index is 14.7. The van der Waals surface area contributed by atoms with Crippen LogP contribution in [0.5, 0.6) is 0 Å². The first-order valence-corrected chi connectivity index (χ1v) is 27.8. The molecule has 75 heavy (non-hydrogen) atoms. The Labute approximate surface area is 451 Å². The number of thioether (sulfide) groups is 2. The first-order valence-electron chi connectivity index (χ1n) is 24.2. The number of carbonyl (C=O) groups is 9. The Morgan fingerprint density at radius 1 is 0.813 bits per heavy atom. The zero-order chi connectivity index (χ0) is 54.6. The summed E-state index contributed by atoms with van der Waals surface area (Å²) in [5.41, 5.74) is 12.1. The van der Waals surface area contributed by atoms with Crippen LogP contribution < -0.4 is 54.0 Å². The molecule has 2 aliphatic heterocycles. The van der Waals surface area contributed by atoms with Gasteiger partial charge in [0.25, 0.3) is 0 Å². The number of rotatable bonds is 17. The molecule has 9 amide bonds. The molecule has 2 aliphatic rings. The van der Waals surface area contributed by atoms with Crippen LogP contribution in [-0.2, 0) is 62.5 Å². The maximum absolute atomic E-state index is 14.7. The van der Waals surface area contributed by atoms with Gasteiger partial charge in [-0.05, 0) is 77.8 Å². The first kappa shape index (κ1) is 59.4. The molecule has 21 nitrogen and oxygen atoms in total. The number of amides is 9. The van der Waals surface area contributed by atoms with Crippen LogP contribution in [0.3, 0.4) is 0 Å². The molecule has 2 fully saturated rings. The fraction of sp³-hybridized carbons (Fsp3) is 0.469. The molecule has 406 valence electrons. The second-order valence-electron chi connectivity index (χ2n) is 18.2. The zero-order valence-electron chi connectivity index (χ0n) is 41.4. The van der Waals surface area contributed by atoms with Gasteiger partial charge in [-0.3, -0.25) is 48.6 Å². The molecule has 3 aromatic rings. The molecule has 5 rings (SSSR count). The fourth-order valence-corrected chi connectivity index (χ4v) is 10.9. The van der Waals surface area contributed by atoms with Crippen molar-refractivity contribution in [3.63, 3.8) is 0 Å². The molecule has 2 saturated heterocycles. The van der Waals surface area contributed by atoms with Crippen LogP contribution >= 0.6 is 46.5 Å². The predicted molar refractivity (Wildman–Crippen MR) is 285 cm³/mol. The Morgan fingerprint density at radius 3 is 2.09 bits per heavy atom. The molecular weight excluding hydrogens is 1050 g/mol. The lowest BCUT2D eigenvalue weighted by molar-refractivity contribution is -0.142. The summed E-state index contributed by atoms with van der Waals surface area (Å²) in [4.78, 5) is 127. The monoisotopic (exact) mass is 1110 g/mol. The molecule has 0 aliphatic carbocycles. The lowest BCUT2D eigenvalue weighted by Crippen LogP contribution is -2.61. The Hall–Kier alpha value is -6.44. The molecule has 13 N–H and O–H groups in total. The SMILES string of the molecule is CC(C)[C@@H]1NC(=O)[C@H](Cc2ccc(F)cc2)NC(=O)[C@H](Cc2ccc(Cl)cc2)NC(=O)CCCSC[C@@H](C(=O)N2CSC[C@H]2C(=O)N[C@H](CCCNC(=N)N)C(=O)NCc2cccs2)NC(=O)[C@H](CC(N)=O)NC1=O. The van der Waals surface area contributed by atoms with E-state index in [4.69, 9.17) is 28.5 Å². The summed E-state index contributed by atoms with van der Waals surface area (Å²) in [5, 5.41) is 31.4. The van der Waals surface area contributed by atoms with Crippen molar-refractivity contribution in [2.75, 3.05) is 29.7 Å². The van der Waals surface area contributed by atoms with E-state index in [-0.39, 0.29) is 74.3 Å². The minimum absolute atomic E-state index is 0.00794. The van der Waals surface area contributed by atoms with Crippen molar-refractivity contribution in [1.29, 1.82) is 5.41 Å². The van der Waals surface area contributed by atoms with Gasteiger partial charge in [-0.2, -0.15) is 11.8 Å². The van der Waals surface area contributed by atoms with Gasteiger partial charge in [-0.1, -0.05) is 55.8 Å². The van der Waals surface area contributed by atoms with Gasteiger partial charge in [0.1, 0.15) is 48.1 Å². The Bertz CT molecular complexity index is 2490. The van der Waals surface area contributed by atoms with Gasteiger partial charge in [0.05, 0.1) is 18.8 Å². The Kier molecular flexibility index (Phi) is 23.5. The number of carbonyl (C=O) groups excluding carboxylic acids is 9. The molecule has 26 heteroatoms. The van der Waals surface area contributed by atoms with E-state index in [9.17, 15) is 47.5 Å². The molecule has 7 atom stereocenters. The lowest BCUT2D eigenvalue weighted by Gasteiger charge is -2.31. The topological polar surface area (TPSA) is 329 Å². The average Bonchev–Trinajstić information content (AvgIpc) is 4.09. The normalized spacial score (nSPS) is 21.8. The lowest BCUT2D eigenvalue weighted by atomic mass is 9.99. The number of thiophene rings is 1. The van der Waals surface area contributed by atoms with Gasteiger partial charge < -0.3 is 58.9 Å². The number of primary amides is 1. The standard InChI is InChI=1S/C49H64ClFN12O9S3/c1-27(2)41-47(71)60-36(22-39(52)64)44(68)61-37(48(72)63-26-74-25-38(63)46(70)58-33(7-3-17-55-49(53)54)42(66)56-23-32-6-4-19-75-32)24-73-18-5-8-40(65)57-34(20-28-9-13-30(50)14-10-28)43(67)59-35(45(69)62-41)21-29-11-15-31(51)16-12-29/h4,6,9-16,19,27,33-38,41H,3,5,7-8,17-18,20-26H2,1-2H3,(H2,52,64)(H,56,66)(H,57,65)(H,58,70)(H,59,67)(H,60,71)(H,61,68)(H,62,69)(H4,53,54,55)/t33-,34+,35+,36+,37+,38+,41+/m1/s1. The number of nitrogens with zero attached hydrogens (tertiary/aromatic N) is 1. The second-order valence-corrected chi connectivity index (χ2v) is 21.8. The van der Waals surface area contributed by atoms with Crippen LogP contribution in [0.25, 0.3) is 0 Å². The number of benzene rings is 2. The second kappa shape index (κ2) is 29.6. The van der Waals surface area contributed by atoms with Crippen molar-refractivity contribution in [3.05, 3.63) is 92.9 Å². The van der Waals surface area contributed by atoms with E-state index < -0.39 is 114 Å². The number of nitrogens with one attached hydrogen (secondary N) is 9. The average molecular weight is 1120 g/mol. The fourth-order valence-electron chi connectivity index (χ4n) is 7.97. The summed E-state index contributed by atoms with van der Waals surface area (Å²) in [6.07, 6.45) is -0.249. The van der Waals surface area contributed by atoms with E-state index in [0.717, 1.165) is 4.88 Å². The largest absolute Gasteiger partial charge is 0.370 e. The van der Waals surface area contributed by atoms with Gasteiger partial charge in [0.2, 0.25) is 53.2 Å². The minimum Gasteiger partial charge on any atom is -0.370 e. The molecule has 0 radical (unpaired) electrons. The number of hydrogen-bond acceptors (Lipinski definition) is 13. The summed E-state index contributed by atoms with van der Waals surface area (Å²) in [7, 11) is 0. The number of guanidine groups is 1. The third kappa shape index (κ3) is 19.3. The van der Waals surface area contributed by atoms with E-state index in [1.807, 2.05) is 17.5 Å². The van der Waals surface area contributed by atoms with E-state index in [0.29, 0.717) is 22.6 Å². The molecule has 1 aromatic heterocycles. The minimum atomic E-state index is -1.66. The van der Waals surface area contributed by atoms with Gasteiger partial charge in [-0.25, -0.2) is 4.39 Å². The van der Waals surface area contributed by atoms with Crippen LogP contribution in [0, 0.1) is 17.1 Å². The van der Waals surface area contributed by atoms with Crippen molar-refractivity contribution in [2.24, 2.45) is 17.4 Å². The third-order valence-corrected chi connectivity index (χ3v) is 15.3. The van der Waals surface area contributed by atoms with Crippen LogP contribution in [0.4, 0.5) is 4.39 Å². The van der Waals surface area contributed by atoms with Crippen molar-refractivity contribution in [2.45, 2.75) is 108 Å². The van der Waals surface area contributed by atoms with E-state index in [1.54, 1.807) is 38.1 Å². The van der Waals surface area contributed by atoms with Gasteiger partial charge in [-0.15, -0.1) is 23.1 Å². The third-order valence-electron chi connectivity index (χ3n) is 12.0. The van der Waals surface area contributed by atoms with Crippen molar-refractivity contribution in [3.8, 4) is 0 Å². The molecule has 0 spiro atoms. The molecule has 3 heterocycles. The van der Waals surface area contributed by atoms with Gasteiger partial charge in [0.15, 0.2) is 5.96 Å². The highest BCUT2D eigenvalue weighted by Crippen LogP contribution is 2.24. The van der Waals surface area contributed by atoms with Crippen molar-refractivity contribution >= 4 is 106 Å². The van der Waals surface area contributed by atoms with Crippen LogP contribution in [0.1, 0.15) is 62.0 Å². The van der Waals surface area contributed by atoms with Crippen LogP contribution in [0.15, 0.2) is 66.0 Å². The summed E-state index contributed by atoms with van der Waals surface area (Å²) in [5.74, 6) is -7.90. The highest BCUT2D eigenvalue weighted by molar-refractivity contribution is 7.99. The number of hydrogen-bond donors (Lipinski definition) is 11. The summed E-state index contributed by atoms with van der Waals surface area (Å²) in [6, 6.07) is 6.38. The maximum Gasteiger partial charge on any atom is 0.247 e. The van der Waals surface area contributed by atoms with Crippen LogP contribution in [0.2, 0.25) is 5.02 Å². The Morgan fingerprint density at radius 2 is 1.45 bits per heavy atom. The van der Waals surface area contributed by atoms with Gasteiger partial charge in [0, 0.05) is 47.2 Å². The van der Waals surface area contributed by atoms with E-state index in [2.05, 4.69) is 42.5 Å². The summed E-state index contributed by atoms with van der Waals surface area (Å²) in [6.45, 7) is 3.68. The molecule has 0 bridgehead atoms. The number of halogens is 2. The summed E-state index contributed by atoms with van der Waals surface area (Å²) < 4.78 is 14.0. The quantitative estimate of drug-likeness (QED) is 0.0507. The molecule has 0 saturated carbocycles. The predicted octanol–water partition coefficient (Wildman–Crippen LogP) is 0.774. The highest BCUT2D eigenvalue weighted by atomic mass is 35.5. The van der Waals surface area contributed by atoms with Crippen molar-refractivity contribution < 1.29 is 47.5 Å². The van der Waals surface area contributed by atoms with Gasteiger partial charge >= 0.3 is 0 Å². The Balaban J connectivity index is 1.42. The van der Waals surface area contributed by atoms with E-state index >= 15 is 0 Å². The first-order chi connectivity index (χ1) is 35.8.